The molecule has 7 heteroatoms. The highest BCUT2D eigenvalue weighted by atomic mass is 32.2. The fourth-order valence-corrected chi connectivity index (χ4v) is 4.32. The van der Waals surface area contributed by atoms with E-state index in [1.165, 1.54) is 16.4 Å². The van der Waals surface area contributed by atoms with Gasteiger partial charge in [0.15, 0.2) is 0 Å². The molecule has 0 bridgehead atoms. The first kappa shape index (κ1) is 18.3. The maximum absolute atomic E-state index is 12.6. The Labute approximate surface area is 153 Å². The number of carbonyl (C=O) groups excluding carboxylic acids is 1. The minimum atomic E-state index is -3.55. The summed E-state index contributed by atoms with van der Waals surface area (Å²) in [4.78, 5) is 12.4. The molecule has 2 aromatic rings. The van der Waals surface area contributed by atoms with E-state index in [4.69, 9.17) is 0 Å². The highest BCUT2D eigenvalue weighted by Gasteiger charge is 2.27. The summed E-state index contributed by atoms with van der Waals surface area (Å²) in [6, 6.07) is 13.7. The smallest absolute Gasteiger partial charge is 0.267 e. The Balaban J connectivity index is 1.71. The minimum absolute atomic E-state index is 0.134. The fraction of sp³-hybridized carbons (Fsp3) is 0.263. The Morgan fingerprint density at radius 2 is 1.81 bits per heavy atom. The van der Waals surface area contributed by atoms with Crippen molar-refractivity contribution in [3.63, 3.8) is 0 Å². The van der Waals surface area contributed by atoms with Crippen LogP contribution in [0.25, 0.3) is 0 Å². The first-order chi connectivity index (χ1) is 12.5. The maximum Gasteiger partial charge on any atom is 0.271 e. The van der Waals surface area contributed by atoms with Gasteiger partial charge in [-0.25, -0.2) is 13.8 Å². The fourth-order valence-electron chi connectivity index (χ4n) is 2.76. The molecule has 3 rings (SSSR count). The first-order valence-electron chi connectivity index (χ1n) is 8.47. The molecule has 136 valence electrons. The third-order valence-electron chi connectivity index (χ3n) is 4.26. The van der Waals surface area contributed by atoms with Gasteiger partial charge < -0.3 is 0 Å². The van der Waals surface area contributed by atoms with Crippen molar-refractivity contribution < 1.29 is 13.2 Å². The molecule has 1 aliphatic heterocycles. The number of rotatable bonds is 5. The lowest BCUT2D eigenvalue weighted by Gasteiger charge is -2.15. The number of hydrogen-bond donors (Lipinski definition) is 1. The molecule has 0 saturated carbocycles. The predicted octanol–water partition coefficient (Wildman–Crippen LogP) is 2.54. The van der Waals surface area contributed by atoms with Gasteiger partial charge >= 0.3 is 0 Å². The van der Waals surface area contributed by atoms with Crippen molar-refractivity contribution in [3.8, 4) is 0 Å². The minimum Gasteiger partial charge on any atom is -0.267 e. The van der Waals surface area contributed by atoms with Gasteiger partial charge in [-0.1, -0.05) is 35.9 Å². The van der Waals surface area contributed by atoms with Crippen molar-refractivity contribution in [1.29, 1.82) is 0 Å². The number of benzene rings is 2. The number of hydrogen-bond acceptors (Lipinski definition) is 4. The van der Waals surface area contributed by atoms with Crippen LogP contribution in [0.15, 0.2) is 58.5 Å². The summed E-state index contributed by atoms with van der Waals surface area (Å²) >= 11 is 0. The summed E-state index contributed by atoms with van der Waals surface area (Å²) in [7, 11) is -3.55. The van der Waals surface area contributed by atoms with Crippen LogP contribution in [0.1, 0.15) is 34.3 Å². The summed E-state index contributed by atoms with van der Waals surface area (Å²) < 4.78 is 26.7. The Hall–Kier alpha value is -2.51. The van der Waals surface area contributed by atoms with Crippen LogP contribution in [0.4, 0.5) is 0 Å². The zero-order valence-electron chi connectivity index (χ0n) is 14.6. The summed E-state index contributed by atoms with van der Waals surface area (Å²) in [5.74, 6) is -0.452. The molecule has 2 aromatic carbocycles. The number of carbonyl (C=O) groups is 1. The van der Waals surface area contributed by atoms with E-state index in [2.05, 4.69) is 10.5 Å². The van der Waals surface area contributed by atoms with Crippen molar-refractivity contribution in [2.45, 2.75) is 24.7 Å². The molecule has 0 aromatic heterocycles. The summed E-state index contributed by atoms with van der Waals surface area (Å²) in [6.45, 7) is 3.05. The van der Waals surface area contributed by atoms with Crippen LogP contribution in [0.5, 0.6) is 0 Å². The number of sulfonamides is 1. The Kier molecular flexibility index (Phi) is 5.49. The lowest BCUT2D eigenvalue weighted by molar-refractivity contribution is 0.0955. The van der Waals surface area contributed by atoms with Crippen LogP contribution < -0.4 is 5.43 Å². The predicted molar refractivity (Wildman–Crippen MR) is 101 cm³/mol. The van der Waals surface area contributed by atoms with Gasteiger partial charge in [0.05, 0.1) is 11.1 Å². The maximum atomic E-state index is 12.6. The van der Waals surface area contributed by atoms with Gasteiger partial charge in [0.25, 0.3) is 5.91 Å². The normalized spacial score (nSPS) is 15.4. The second-order valence-electron chi connectivity index (χ2n) is 6.25. The van der Waals surface area contributed by atoms with Crippen molar-refractivity contribution in [3.05, 3.63) is 65.2 Å². The molecule has 0 unspecified atom stereocenters. The average Bonchev–Trinajstić information content (AvgIpc) is 3.19. The molecule has 0 radical (unpaired) electrons. The van der Waals surface area contributed by atoms with Gasteiger partial charge in [-0.3, -0.25) is 4.79 Å². The van der Waals surface area contributed by atoms with E-state index < -0.39 is 15.9 Å². The molecular weight excluding hydrogens is 350 g/mol. The van der Waals surface area contributed by atoms with Crippen LogP contribution in [-0.2, 0) is 10.0 Å². The molecule has 1 N–H and O–H groups in total. The van der Waals surface area contributed by atoms with E-state index in [9.17, 15) is 13.2 Å². The molecule has 1 amide bonds. The van der Waals surface area contributed by atoms with Crippen LogP contribution in [0.3, 0.4) is 0 Å². The summed E-state index contributed by atoms with van der Waals surface area (Å²) in [6.07, 6.45) is 3.28. The monoisotopic (exact) mass is 371 g/mol. The van der Waals surface area contributed by atoms with E-state index in [1.54, 1.807) is 18.3 Å². The van der Waals surface area contributed by atoms with Gasteiger partial charge in [0.1, 0.15) is 0 Å². The lowest BCUT2D eigenvalue weighted by Crippen LogP contribution is -2.28. The number of nitrogens with one attached hydrogen (secondary N) is 1. The standard InChI is InChI=1S/C19H21N3O3S/c1-15-7-9-16(10-8-15)14-20-21-19(23)17-5-4-6-18(13-17)26(24,25)22-11-2-3-12-22/h4-10,13-14H,2-3,11-12H2,1H3,(H,21,23)/b20-14-. The number of hydrazone groups is 1. The first-order valence-corrected chi connectivity index (χ1v) is 9.91. The quantitative estimate of drug-likeness (QED) is 0.648. The Bertz CT molecular complexity index is 915. The van der Waals surface area contributed by atoms with E-state index in [0.717, 1.165) is 24.0 Å². The number of aryl methyl sites for hydroxylation is 1. The molecular formula is C19H21N3O3S. The van der Waals surface area contributed by atoms with Crippen molar-refractivity contribution >= 4 is 22.1 Å². The number of amides is 1. The van der Waals surface area contributed by atoms with Crippen LogP contribution in [0, 0.1) is 6.92 Å². The van der Waals surface area contributed by atoms with Crippen LogP contribution in [0.2, 0.25) is 0 Å². The highest BCUT2D eigenvalue weighted by molar-refractivity contribution is 7.89. The second-order valence-corrected chi connectivity index (χ2v) is 8.19. The third-order valence-corrected chi connectivity index (χ3v) is 6.15. The third kappa shape index (κ3) is 4.17. The van der Waals surface area contributed by atoms with E-state index >= 15 is 0 Å². The molecule has 0 spiro atoms. The SMILES string of the molecule is Cc1ccc(/C=N\NC(=O)c2cccc(S(=O)(=O)N3CCCC3)c2)cc1. The van der Waals surface area contributed by atoms with Crippen molar-refractivity contribution in [1.82, 2.24) is 9.73 Å². The Morgan fingerprint density at radius 1 is 1.12 bits per heavy atom. The van der Waals surface area contributed by atoms with Gasteiger partial charge in [0, 0.05) is 18.7 Å². The number of nitrogens with zero attached hydrogens (tertiary/aromatic N) is 2. The van der Waals surface area contributed by atoms with Gasteiger partial charge in [-0.2, -0.15) is 9.41 Å². The average molecular weight is 371 g/mol. The van der Waals surface area contributed by atoms with Crippen LogP contribution >= 0.6 is 0 Å². The molecule has 6 nitrogen and oxygen atoms in total. The van der Waals surface area contributed by atoms with Crippen molar-refractivity contribution in [2.75, 3.05) is 13.1 Å². The molecule has 1 aliphatic rings. The van der Waals surface area contributed by atoms with Gasteiger partial charge in [-0.05, 0) is 43.5 Å². The lowest BCUT2D eigenvalue weighted by atomic mass is 10.2. The van der Waals surface area contributed by atoms with E-state index in [1.807, 2.05) is 31.2 Å². The molecule has 26 heavy (non-hydrogen) atoms. The van der Waals surface area contributed by atoms with Gasteiger partial charge in [0.2, 0.25) is 10.0 Å². The zero-order valence-corrected chi connectivity index (χ0v) is 15.4. The van der Waals surface area contributed by atoms with Gasteiger partial charge in [-0.15, -0.1) is 0 Å². The zero-order chi connectivity index (χ0) is 18.6. The molecule has 1 saturated heterocycles. The molecule has 1 fully saturated rings. The second kappa shape index (κ2) is 7.80. The van der Waals surface area contributed by atoms with Crippen molar-refractivity contribution in [2.24, 2.45) is 5.10 Å². The van der Waals surface area contributed by atoms with E-state index in [-0.39, 0.29) is 10.5 Å². The highest BCUT2D eigenvalue weighted by Crippen LogP contribution is 2.21. The Morgan fingerprint density at radius 3 is 2.50 bits per heavy atom. The van der Waals surface area contributed by atoms with E-state index in [0.29, 0.717) is 13.1 Å². The molecule has 0 aliphatic carbocycles. The largest absolute Gasteiger partial charge is 0.271 e. The molecule has 0 atom stereocenters. The summed E-state index contributed by atoms with van der Waals surface area (Å²) in [5.41, 5.74) is 4.69. The molecule has 1 heterocycles. The summed E-state index contributed by atoms with van der Waals surface area (Å²) in [5, 5.41) is 3.93. The van der Waals surface area contributed by atoms with Crippen LogP contribution in [-0.4, -0.2) is 37.9 Å². The topological polar surface area (TPSA) is 78.8 Å².